The van der Waals surface area contributed by atoms with Gasteiger partial charge in [-0.1, -0.05) is 0 Å². The number of hydrogen-bond acceptors (Lipinski definition) is 7. The molecule has 0 aromatic carbocycles. The largest absolute Gasteiger partial charge is 0.418 e. The lowest BCUT2D eigenvalue weighted by Crippen LogP contribution is -2.31. The van der Waals surface area contributed by atoms with E-state index in [2.05, 4.69) is 15.3 Å². The van der Waals surface area contributed by atoms with Gasteiger partial charge in [0.15, 0.2) is 0 Å². The van der Waals surface area contributed by atoms with Gasteiger partial charge in [-0.2, -0.15) is 9.40 Å². The van der Waals surface area contributed by atoms with Gasteiger partial charge in [-0.3, -0.25) is 4.68 Å². The predicted molar refractivity (Wildman–Crippen MR) is 96.2 cm³/mol. The normalized spacial score (nSPS) is 18.7. The highest BCUT2D eigenvalue weighted by Gasteiger charge is 2.40. The second kappa shape index (κ2) is 6.29. The Kier molecular flexibility index (Phi) is 4.20. The van der Waals surface area contributed by atoms with Gasteiger partial charge in [-0.15, -0.1) is 21.5 Å². The molecule has 1 atom stereocenters. The maximum absolute atomic E-state index is 13.1. The monoisotopic (exact) mass is 393 g/mol. The molecule has 1 saturated heterocycles. The fourth-order valence-electron chi connectivity index (χ4n) is 3.15. The molecule has 4 rings (SSSR count). The van der Waals surface area contributed by atoms with Crippen molar-refractivity contribution in [3.63, 3.8) is 0 Å². The molecule has 0 spiro atoms. The van der Waals surface area contributed by atoms with Crippen molar-refractivity contribution < 1.29 is 12.8 Å². The van der Waals surface area contributed by atoms with E-state index in [0.29, 0.717) is 30.4 Å². The molecule has 3 aromatic rings. The van der Waals surface area contributed by atoms with Crippen LogP contribution in [0.4, 0.5) is 0 Å². The third kappa shape index (κ3) is 2.78. The minimum absolute atomic E-state index is 0.223. The van der Waals surface area contributed by atoms with E-state index in [4.69, 9.17) is 4.42 Å². The summed E-state index contributed by atoms with van der Waals surface area (Å²) in [7, 11) is -1.95. The van der Waals surface area contributed by atoms with Crippen LogP contribution < -0.4 is 0 Å². The number of aryl methyl sites for hydroxylation is 2. The second-order valence-corrected chi connectivity index (χ2v) is 9.49. The number of nitrogens with zero attached hydrogens (tertiary/aromatic N) is 5. The predicted octanol–water partition coefficient (Wildman–Crippen LogP) is 2.67. The van der Waals surface area contributed by atoms with Crippen molar-refractivity contribution in [2.24, 2.45) is 7.05 Å². The van der Waals surface area contributed by atoms with Crippen LogP contribution in [-0.4, -0.2) is 39.2 Å². The highest BCUT2D eigenvalue weighted by Crippen LogP contribution is 2.38. The summed E-state index contributed by atoms with van der Waals surface area (Å²) >= 11 is 1.57. The van der Waals surface area contributed by atoms with Crippen molar-refractivity contribution in [1.29, 1.82) is 0 Å². The van der Waals surface area contributed by atoms with E-state index in [0.717, 1.165) is 16.2 Å². The fraction of sp³-hybridized carbons (Fsp3) is 0.438. The van der Waals surface area contributed by atoms with Crippen LogP contribution in [-0.2, 0) is 17.1 Å². The third-order valence-corrected chi connectivity index (χ3v) is 7.66. The Bertz CT molecular complexity index is 1050. The van der Waals surface area contributed by atoms with Crippen molar-refractivity contribution in [3.05, 3.63) is 34.8 Å². The molecule has 0 radical (unpaired) electrons. The minimum atomic E-state index is -3.67. The molecule has 1 aliphatic heterocycles. The van der Waals surface area contributed by atoms with Crippen LogP contribution in [0.5, 0.6) is 0 Å². The Labute approximate surface area is 155 Å². The third-order valence-electron chi connectivity index (χ3n) is 4.66. The first kappa shape index (κ1) is 17.4. The van der Waals surface area contributed by atoms with E-state index >= 15 is 0 Å². The van der Waals surface area contributed by atoms with Gasteiger partial charge >= 0.3 is 0 Å². The molecular formula is C16H19N5O3S2. The summed E-state index contributed by atoms with van der Waals surface area (Å²) in [6, 6.07) is 3.47. The van der Waals surface area contributed by atoms with Crippen molar-refractivity contribution in [2.75, 3.05) is 6.54 Å². The molecule has 10 heteroatoms. The maximum atomic E-state index is 13.1. The van der Waals surface area contributed by atoms with E-state index in [1.54, 1.807) is 30.0 Å². The Hall–Kier alpha value is -2.04. The molecule has 26 heavy (non-hydrogen) atoms. The van der Waals surface area contributed by atoms with Crippen molar-refractivity contribution in [1.82, 2.24) is 24.3 Å². The zero-order valence-electron chi connectivity index (χ0n) is 14.7. The van der Waals surface area contributed by atoms with Gasteiger partial charge in [0, 0.05) is 18.5 Å². The van der Waals surface area contributed by atoms with Gasteiger partial charge in [0.05, 0.1) is 16.8 Å². The zero-order valence-corrected chi connectivity index (χ0v) is 16.3. The number of thiophene rings is 1. The SMILES string of the molecule is Cc1ccc(-c2nnc([C@@H]3CCCN3S(=O)(=O)c3cnn(C)c3C)o2)s1. The lowest BCUT2D eigenvalue weighted by Gasteiger charge is -2.21. The zero-order chi connectivity index (χ0) is 18.5. The molecule has 3 aromatic heterocycles. The molecule has 1 aliphatic rings. The number of rotatable bonds is 4. The van der Waals surface area contributed by atoms with E-state index in [1.807, 2.05) is 19.1 Å². The van der Waals surface area contributed by atoms with Crippen molar-refractivity contribution in [2.45, 2.75) is 37.6 Å². The van der Waals surface area contributed by atoms with Crippen LogP contribution in [0.15, 0.2) is 27.6 Å². The summed E-state index contributed by atoms with van der Waals surface area (Å²) in [4.78, 5) is 2.26. The van der Waals surface area contributed by atoms with Crippen LogP contribution in [0.2, 0.25) is 0 Å². The second-order valence-electron chi connectivity index (χ2n) is 6.35. The lowest BCUT2D eigenvalue weighted by atomic mass is 10.2. The summed E-state index contributed by atoms with van der Waals surface area (Å²) in [6.45, 7) is 4.18. The average Bonchev–Trinajstić information content (AvgIpc) is 3.35. The van der Waals surface area contributed by atoms with Crippen molar-refractivity contribution >= 4 is 21.4 Å². The summed E-state index contributed by atoms with van der Waals surface area (Å²) in [5.74, 6) is 0.772. The molecule has 0 bridgehead atoms. The standard InChI is InChI=1S/C16H19N5O3S2/c1-10-6-7-13(25-10)16-19-18-15(24-16)12-5-4-8-21(12)26(22,23)14-9-17-20(3)11(14)2/h6-7,9,12H,4-5,8H2,1-3H3/t12-/m0/s1. The topological polar surface area (TPSA) is 94.1 Å². The number of sulfonamides is 1. The first-order valence-corrected chi connectivity index (χ1v) is 10.5. The van der Waals surface area contributed by atoms with Crippen LogP contribution >= 0.6 is 11.3 Å². The molecule has 4 heterocycles. The Morgan fingerprint density at radius 1 is 1.27 bits per heavy atom. The Morgan fingerprint density at radius 2 is 2.08 bits per heavy atom. The number of hydrogen-bond donors (Lipinski definition) is 0. The summed E-state index contributed by atoms with van der Waals surface area (Å²) in [5.41, 5.74) is 0.607. The molecule has 8 nitrogen and oxygen atoms in total. The van der Waals surface area contributed by atoms with E-state index in [-0.39, 0.29) is 4.90 Å². The quantitative estimate of drug-likeness (QED) is 0.676. The highest BCUT2D eigenvalue weighted by molar-refractivity contribution is 7.89. The summed E-state index contributed by atoms with van der Waals surface area (Å²) in [5, 5.41) is 12.3. The first-order valence-electron chi connectivity index (χ1n) is 8.28. The van der Waals surface area contributed by atoms with Gasteiger partial charge in [0.25, 0.3) is 5.89 Å². The van der Waals surface area contributed by atoms with Crippen LogP contribution in [0.1, 0.15) is 35.3 Å². The van der Waals surface area contributed by atoms with Gasteiger partial charge < -0.3 is 4.42 Å². The summed E-state index contributed by atoms with van der Waals surface area (Å²) in [6.07, 6.45) is 2.80. The lowest BCUT2D eigenvalue weighted by molar-refractivity contribution is 0.332. The van der Waals surface area contributed by atoms with Gasteiger partial charge in [-0.25, -0.2) is 8.42 Å². The van der Waals surface area contributed by atoms with E-state index in [9.17, 15) is 8.42 Å². The fourth-order valence-corrected chi connectivity index (χ4v) is 5.78. The van der Waals surface area contributed by atoms with Crippen LogP contribution in [0.25, 0.3) is 10.8 Å². The highest BCUT2D eigenvalue weighted by atomic mass is 32.2. The van der Waals surface area contributed by atoms with Gasteiger partial charge in [0.1, 0.15) is 10.9 Å². The Morgan fingerprint density at radius 3 is 2.73 bits per heavy atom. The number of aromatic nitrogens is 4. The average molecular weight is 393 g/mol. The van der Waals surface area contributed by atoms with Gasteiger partial charge in [-0.05, 0) is 38.8 Å². The van der Waals surface area contributed by atoms with Crippen LogP contribution in [0.3, 0.4) is 0 Å². The molecule has 0 amide bonds. The Balaban J connectivity index is 1.67. The molecule has 0 N–H and O–H groups in total. The molecular weight excluding hydrogens is 374 g/mol. The molecule has 0 saturated carbocycles. The molecule has 0 aliphatic carbocycles. The molecule has 1 fully saturated rings. The minimum Gasteiger partial charge on any atom is -0.418 e. The maximum Gasteiger partial charge on any atom is 0.257 e. The summed E-state index contributed by atoms with van der Waals surface area (Å²) < 4.78 is 35.1. The van der Waals surface area contributed by atoms with E-state index in [1.165, 1.54) is 10.5 Å². The van der Waals surface area contributed by atoms with Gasteiger partial charge in [0.2, 0.25) is 15.9 Å². The molecule has 0 unspecified atom stereocenters. The first-order chi connectivity index (χ1) is 12.4. The van der Waals surface area contributed by atoms with E-state index < -0.39 is 16.1 Å². The molecule has 138 valence electrons. The smallest absolute Gasteiger partial charge is 0.257 e. The van der Waals surface area contributed by atoms with Crippen molar-refractivity contribution in [3.8, 4) is 10.8 Å². The van der Waals surface area contributed by atoms with Crippen LogP contribution in [0, 0.1) is 13.8 Å².